The summed E-state index contributed by atoms with van der Waals surface area (Å²) < 4.78 is 86.2. The van der Waals surface area contributed by atoms with Crippen LogP contribution < -0.4 is 10.4 Å². The predicted molar refractivity (Wildman–Crippen MR) is 325 cm³/mol. The molecule has 0 aromatic heterocycles. The number of amides is 2. The number of fused-ring (bicyclic) bond motifs is 1. The third-order valence-corrected chi connectivity index (χ3v) is 20.7. The Balaban J connectivity index is 1.43. The molecule has 8 rings (SSSR count). The van der Waals surface area contributed by atoms with Gasteiger partial charge in [0.25, 0.3) is 23.9 Å². The first-order chi connectivity index (χ1) is 43.4. The molecule has 4 aromatic rings. The molecule has 0 unspecified atom stereocenters. The quantitative estimate of drug-likeness (QED) is 0.0202. The summed E-state index contributed by atoms with van der Waals surface area (Å²) in [5, 5.41) is 9.75. The molecule has 1 N–H and O–H groups in total. The fourth-order valence-corrected chi connectivity index (χ4v) is 16.3. The minimum Gasteiger partial charge on any atom is -0.463 e. The normalized spacial score (nSPS) is 27.3. The van der Waals surface area contributed by atoms with Crippen LogP contribution in [0, 0.1) is 5.41 Å². The highest BCUT2D eigenvalue weighted by Crippen LogP contribution is 2.44. The third kappa shape index (κ3) is 16.0. The molecule has 4 aromatic carbocycles. The van der Waals surface area contributed by atoms with Gasteiger partial charge in [0.05, 0.1) is 29.4 Å². The van der Waals surface area contributed by atoms with Crippen LogP contribution in [0.1, 0.15) is 100 Å². The van der Waals surface area contributed by atoms with Crippen LogP contribution in [0.25, 0.3) is 0 Å². The van der Waals surface area contributed by atoms with Gasteiger partial charge in [0.2, 0.25) is 12.2 Å². The van der Waals surface area contributed by atoms with Gasteiger partial charge in [-0.3, -0.25) is 48.7 Å². The number of nitrogens with one attached hydrogen (secondary N) is 1. The number of rotatable bonds is 20. The Hall–Kier alpha value is -7.37. The van der Waals surface area contributed by atoms with Gasteiger partial charge in [-0.2, -0.15) is 0 Å². The predicted octanol–water partition coefficient (Wildman–Crippen LogP) is 6.00. The van der Waals surface area contributed by atoms with E-state index < -0.39 is 182 Å². The number of imide groups is 1. The number of halogens is 3. The van der Waals surface area contributed by atoms with Crippen molar-refractivity contribution >= 4 is 113 Å². The van der Waals surface area contributed by atoms with E-state index in [0.29, 0.717) is 4.90 Å². The SMILES string of the molecule is CC(=O)OC[C@H]1O[C@@H](O[C@H]2[C@H](O[C@@H]3O[C@@H](C)[C@@H](OC(C)=O)[C@@H](OC(C)=O)[C@@H]3OC(C)=O)[C@@H](N3C(=O)c4ccccc4C3=O)[C@H](OC(=N)C(Cl)(Cl)Cl)O[C@@H]2CO[Si](c2ccccc2)(c2ccccc2)C(C)(C)C)[C@H](OC(C)=O)[C@@H](OC(=O)c2ccccc2)[C@H]1OC(C)=O. The Kier molecular flexibility index (Phi) is 22.8. The van der Waals surface area contributed by atoms with E-state index in [1.807, 2.05) is 81.4 Å². The lowest BCUT2D eigenvalue weighted by atomic mass is 9.93. The Morgan fingerprint density at radius 1 is 0.489 bits per heavy atom. The van der Waals surface area contributed by atoms with Crippen molar-refractivity contribution in [2.24, 2.45) is 0 Å². The van der Waals surface area contributed by atoms with Crippen molar-refractivity contribution in [3.63, 3.8) is 0 Å². The summed E-state index contributed by atoms with van der Waals surface area (Å²) in [4.78, 5) is 124. The Morgan fingerprint density at radius 2 is 0.902 bits per heavy atom. The number of hydrogen-bond acceptors (Lipinski definition) is 24. The number of nitrogens with zero attached hydrogens (tertiary/aromatic N) is 1. The topological polar surface area (TPSA) is 310 Å². The number of ether oxygens (including phenoxy) is 13. The van der Waals surface area contributed by atoms with Gasteiger partial charge in [-0.1, -0.05) is 147 Å². The molecular weight excluding hydrogens is 1290 g/mol. The number of carbonyl (C=O) groups is 9. The molecule has 3 saturated heterocycles. The fourth-order valence-electron chi connectivity index (χ4n) is 11.6. The van der Waals surface area contributed by atoms with Crippen molar-refractivity contribution in [1.82, 2.24) is 4.90 Å². The van der Waals surface area contributed by atoms with Gasteiger partial charge in [-0.25, -0.2) is 4.79 Å². The summed E-state index contributed by atoms with van der Waals surface area (Å²) >= 11 is 19.1. The molecule has 0 spiro atoms. The number of carbonyl (C=O) groups excluding carboxylic acids is 9. The lowest BCUT2D eigenvalue weighted by molar-refractivity contribution is -0.372. The smallest absolute Gasteiger partial charge is 0.338 e. The highest BCUT2D eigenvalue weighted by Gasteiger charge is 2.63. The van der Waals surface area contributed by atoms with Crippen LogP contribution in [0.5, 0.6) is 0 Å². The summed E-state index contributed by atoms with van der Waals surface area (Å²) in [5.41, 5.74) is -0.342. The Morgan fingerprint density at radius 3 is 1.38 bits per heavy atom. The molecule has 0 aliphatic carbocycles. The minimum atomic E-state index is -3.78. The van der Waals surface area contributed by atoms with Gasteiger partial charge in [0, 0.05) is 41.5 Å². The van der Waals surface area contributed by atoms with Crippen molar-refractivity contribution in [1.29, 1.82) is 5.41 Å². The van der Waals surface area contributed by atoms with Crippen LogP contribution in [-0.4, -0.2) is 182 Å². The molecule has 494 valence electrons. The molecule has 3 fully saturated rings. The summed E-state index contributed by atoms with van der Waals surface area (Å²) in [6.07, 6.45) is -26.4. The lowest BCUT2D eigenvalue weighted by Crippen LogP contribution is -2.72. The molecule has 4 aliphatic rings. The summed E-state index contributed by atoms with van der Waals surface area (Å²) in [6, 6.07) is 29.5. The molecular formula is C63H69Cl3N2O23Si. The molecule has 29 heteroatoms. The second-order valence-electron chi connectivity index (χ2n) is 22.8. The first-order valence-corrected chi connectivity index (χ1v) is 32.0. The van der Waals surface area contributed by atoms with Crippen molar-refractivity contribution in [2.45, 2.75) is 170 Å². The van der Waals surface area contributed by atoms with Gasteiger partial charge in [-0.15, -0.1) is 0 Å². The van der Waals surface area contributed by atoms with Crippen LogP contribution >= 0.6 is 34.8 Å². The maximum absolute atomic E-state index is 15.3. The summed E-state index contributed by atoms with van der Waals surface area (Å²) in [6.45, 7) is 12.1. The second-order valence-corrected chi connectivity index (χ2v) is 29.4. The van der Waals surface area contributed by atoms with Crippen molar-refractivity contribution < 1.29 is 109 Å². The van der Waals surface area contributed by atoms with E-state index in [4.69, 9.17) is 106 Å². The summed E-state index contributed by atoms with van der Waals surface area (Å²) in [7, 11) is -3.78. The zero-order valence-electron chi connectivity index (χ0n) is 51.5. The molecule has 0 radical (unpaired) electrons. The van der Waals surface area contributed by atoms with Crippen molar-refractivity contribution in [2.75, 3.05) is 13.2 Å². The fraction of sp³-hybridized carbons (Fsp3) is 0.460. The molecule has 4 aliphatic heterocycles. The Labute approximate surface area is 545 Å². The second kappa shape index (κ2) is 29.7. The molecule has 0 saturated carbocycles. The highest BCUT2D eigenvalue weighted by atomic mass is 35.6. The van der Waals surface area contributed by atoms with Crippen LogP contribution in [0.15, 0.2) is 115 Å². The molecule has 4 heterocycles. The molecule has 0 bridgehead atoms. The third-order valence-electron chi connectivity index (χ3n) is 15.2. The van der Waals surface area contributed by atoms with Gasteiger partial charge in [0.1, 0.15) is 37.1 Å². The van der Waals surface area contributed by atoms with Crippen LogP contribution in [0.3, 0.4) is 0 Å². The molecule has 92 heavy (non-hydrogen) atoms. The van der Waals surface area contributed by atoms with E-state index in [2.05, 4.69) is 0 Å². The zero-order chi connectivity index (χ0) is 67.1. The van der Waals surface area contributed by atoms with E-state index in [1.165, 1.54) is 55.5 Å². The maximum Gasteiger partial charge on any atom is 0.338 e. The van der Waals surface area contributed by atoms with Crippen LogP contribution in [0.2, 0.25) is 5.04 Å². The van der Waals surface area contributed by atoms with Gasteiger partial charge in [0.15, 0.2) is 49.2 Å². The number of benzene rings is 4. The number of alkyl halides is 3. The van der Waals surface area contributed by atoms with E-state index >= 15 is 9.59 Å². The zero-order valence-corrected chi connectivity index (χ0v) is 54.8. The Bertz CT molecular complexity index is 3300. The van der Waals surface area contributed by atoms with E-state index in [9.17, 15) is 33.6 Å². The van der Waals surface area contributed by atoms with E-state index in [0.717, 1.165) is 51.9 Å². The summed E-state index contributed by atoms with van der Waals surface area (Å²) in [5.74, 6) is -9.96. The largest absolute Gasteiger partial charge is 0.463 e. The van der Waals surface area contributed by atoms with E-state index in [-0.39, 0.29) is 16.7 Å². The maximum atomic E-state index is 15.3. The average Bonchev–Trinajstić information content (AvgIpc) is 1.22. The first-order valence-electron chi connectivity index (χ1n) is 29.0. The minimum absolute atomic E-state index is 0.0341. The number of esters is 7. The van der Waals surface area contributed by atoms with Crippen molar-refractivity contribution in [3.8, 4) is 0 Å². The van der Waals surface area contributed by atoms with Crippen LogP contribution in [-0.2, 0) is 94.8 Å². The molecule has 25 nitrogen and oxygen atoms in total. The van der Waals surface area contributed by atoms with Gasteiger partial charge >= 0.3 is 41.8 Å². The van der Waals surface area contributed by atoms with Gasteiger partial charge < -0.3 is 66.0 Å². The molecule has 15 atom stereocenters. The lowest BCUT2D eigenvalue weighted by Gasteiger charge is -2.53. The van der Waals surface area contributed by atoms with E-state index in [1.54, 1.807) is 6.07 Å². The monoisotopic (exact) mass is 1350 g/mol. The molecule has 2 amide bonds. The average molecular weight is 1360 g/mol. The highest BCUT2D eigenvalue weighted by molar-refractivity contribution is 6.99. The van der Waals surface area contributed by atoms with Crippen molar-refractivity contribution in [3.05, 3.63) is 132 Å². The first kappa shape index (κ1) is 70.5. The van der Waals surface area contributed by atoms with Gasteiger partial charge in [-0.05, 0) is 46.6 Å². The standard InChI is InChI=1S/C63H69Cl3N2O23Si/c1-32-47(81-34(3)70)51(83-36(5)72)53(84-37(6)73)59(80-32)90-50-46(68-55(75)42-28-20-21-29-43(42)56(68)76)58(91-61(67)63(64,65)66)86-45(31-79-92(62(8,9)10,40-24-16-12-17-25-40)41-26-18-13-19-27-41)48(50)89-60-54(85-38(7)74)52(88-57(77)39-22-14-11-15-23-39)49(82-35(4)71)44(87-60)30-78-33(2)69/h11-29,32,44-54,58-60,67H,30-31H2,1-10H3/t32-,44+,45+,46+,47+,48+,49-,50+,51+,52-,53-,54+,58-,59-,60-/m0/s1. The van der Waals surface area contributed by atoms with Crippen LogP contribution in [0.4, 0.5) is 0 Å². The number of hydrogen-bond donors (Lipinski definition) is 1.